The maximum absolute atomic E-state index is 12.2. The van der Waals surface area contributed by atoms with Crippen LogP contribution in [0.25, 0.3) is 22.0 Å². The monoisotopic (exact) mass is 475 g/mol. The van der Waals surface area contributed by atoms with E-state index in [1.807, 2.05) is 0 Å². The molecular formula is C17H12BrCl2NO4S. The molecule has 0 aliphatic carbocycles. The predicted molar refractivity (Wildman–Crippen MR) is 107 cm³/mol. The van der Waals surface area contributed by atoms with Crippen molar-refractivity contribution in [3.05, 3.63) is 55.7 Å². The van der Waals surface area contributed by atoms with Gasteiger partial charge in [0.15, 0.2) is 0 Å². The molecule has 0 aliphatic heterocycles. The van der Waals surface area contributed by atoms with Crippen LogP contribution in [0.15, 0.2) is 44.5 Å². The van der Waals surface area contributed by atoms with Crippen molar-refractivity contribution in [3.8, 4) is 16.9 Å². The summed E-state index contributed by atoms with van der Waals surface area (Å²) in [6.45, 7) is 1.72. The Morgan fingerprint density at radius 1 is 1.12 bits per heavy atom. The SMILES string of the molecule is COc1cc(Br)c(Cl)cc1-c1cc2[nH]c(=O)cc(C)c2cc1S(=O)(=O)Cl. The molecule has 0 spiro atoms. The van der Waals surface area contributed by atoms with Crippen molar-refractivity contribution in [2.45, 2.75) is 11.8 Å². The van der Waals surface area contributed by atoms with Gasteiger partial charge in [-0.15, -0.1) is 0 Å². The molecule has 0 aliphatic rings. The van der Waals surface area contributed by atoms with Crippen LogP contribution in [0.3, 0.4) is 0 Å². The van der Waals surface area contributed by atoms with Crippen LogP contribution in [0.4, 0.5) is 0 Å². The molecule has 136 valence electrons. The van der Waals surface area contributed by atoms with Gasteiger partial charge in [0.25, 0.3) is 9.05 Å². The molecule has 0 bridgehead atoms. The number of halogens is 3. The molecule has 5 nitrogen and oxygen atoms in total. The fourth-order valence-electron chi connectivity index (χ4n) is 2.77. The van der Waals surface area contributed by atoms with Gasteiger partial charge in [0.1, 0.15) is 5.75 Å². The lowest BCUT2D eigenvalue weighted by atomic mass is 10.0. The first-order chi connectivity index (χ1) is 12.1. The van der Waals surface area contributed by atoms with E-state index in [0.717, 1.165) is 0 Å². The largest absolute Gasteiger partial charge is 0.496 e. The molecule has 0 unspecified atom stereocenters. The molecule has 0 radical (unpaired) electrons. The first-order valence-corrected chi connectivity index (χ1v) is 10.8. The molecule has 1 heterocycles. The molecule has 1 aromatic heterocycles. The number of pyridine rings is 1. The van der Waals surface area contributed by atoms with Gasteiger partial charge in [0.2, 0.25) is 5.56 Å². The van der Waals surface area contributed by atoms with Crippen molar-refractivity contribution in [1.29, 1.82) is 0 Å². The molecule has 1 N–H and O–H groups in total. The molecule has 3 rings (SSSR count). The summed E-state index contributed by atoms with van der Waals surface area (Å²) < 4.78 is 30.4. The van der Waals surface area contributed by atoms with Gasteiger partial charge in [-0.25, -0.2) is 8.42 Å². The number of benzene rings is 2. The molecule has 0 fully saturated rings. The Morgan fingerprint density at radius 2 is 1.81 bits per heavy atom. The minimum Gasteiger partial charge on any atom is -0.496 e. The van der Waals surface area contributed by atoms with Crippen LogP contribution in [0, 0.1) is 6.92 Å². The van der Waals surface area contributed by atoms with E-state index in [1.165, 1.54) is 19.2 Å². The molecular weight excluding hydrogens is 465 g/mol. The highest BCUT2D eigenvalue weighted by Gasteiger charge is 2.22. The predicted octanol–water partition coefficient (Wildman–Crippen LogP) is 4.86. The minimum absolute atomic E-state index is 0.0986. The zero-order chi connectivity index (χ0) is 19.2. The molecule has 0 saturated heterocycles. The van der Waals surface area contributed by atoms with E-state index in [-0.39, 0.29) is 16.0 Å². The Bertz CT molecular complexity index is 1210. The highest BCUT2D eigenvalue weighted by molar-refractivity contribution is 9.10. The number of hydrogen-bond donors (Lipinski definition) is 1. The molecule has 9 heteroatoms. The number of rotatable bonds is 3. The fraction of sp³-hybridized carbons (Fsp3) is 0.118. The van der Waals surface area contributed by atoms with Crippen molar-refractivity contribution in [2.75, 3.05) is 7.11 Å². The lowest BCUT2D eigenvalue weighted by Gasteiger charge is -2.15. The van der Waals surface area contributed by atoms with Crippen LogP contribution >= 0.6 is 38.2 Å². The Balaban J connectivity index is 2.50. The number of aromatic amines is 1. The zero-order valence-electron chi connectivity index (χ0n) is 13.6. The molecule has 0 saturated carbocycles. The second kappa shape index (κ2) is 6.88. The highest BCUT2D eigenvalue weighted by Crippen LogP contribution is 2.41. The average molecular weight is 477 g/mol. The van der Waals surface area contributed by atoms with Crippen LogP contribution in [0.5, 0.6) is 5.75 Å². The van der Waals surface area contributed by atoms with E-state index in [9.17, 15) is 13.2 Å². The van der Waals surface area contributed by atoms with Crippen LogP contribution < -0.4 is 10.3 Å². The van der Waals surface area contributed by atoms with Gasteiger partial charge in [0, 0.05) is 43.3 Å². The van der Waals surface area contributed by atoms with Crippen molar-refractivity contribution >= 4 is 58.2 Å². The Hall–Kier alpha value is -1.54. The number of aromatic nitrogens is 1. The van der Waals surface area contributed by atoms with Crippen molar-refractivity contribution in [1.82, 2.24) is 4.98 Å². The number of nitrogens with one attached hydrogen (secondary N) is 1. The topological polar surface area (TPSA) is 76.2 Å². The summed E-state index contributed by atoms with van der Waals surface area (Å²) in [6, 6.07) is 7.59. The first kappa shape index (κ1) is 19.2. The summed E-state index contributed by atoms with van der Waals surface area (Å²) in [5, 5.41) is 0.950. The van der Waals surface area contributed by atoms with Crippen LogP contribution in [-0.4, -0.2) is 20.5 Å². The second-order valence-corrected chi connectivity index (χ2v) is 9.41. The maximum Gasteiger partial charge on any atom is 0.261 e. The Kier molecular flexibility index (Phi) is 5.09. The van der Waals surface area contributed by atoms with Crippen molar-refractivity contribution < 1.29 is 13.2 Å². The van der Waals surface area contributed by atoms with Gasteiger partial charge < -0.3 is 9.72 Å². The van der Waals surface area contributed by atoms with E-state index in [1.54, 1.807) is 25.1 Å². The maximum atomic E-state index is 12.2. The number of H-pyrrole nitrogens is 1. The van der Waals surface area contributed by atoms with Gasteiger partial charge in [-0.1, -0.05) is 11.6 Å². The van der Waals surface area contributed by atoms with E-state index in [2.05, 4.69) is 20.9 Å². The van der Waals surface area contributed by atoms with E-state index < -0.39 is 9.05 Å². The summed E-state index contributed by atoms with van der Waals surface area (Å²) >= 11 is 9.49. The van der Waals surface area contributed by atoms with Crippen LogP contribution in [0.1, 0.15) is 5.56 Å². The van der Waals surface area contributed by atoms with E-state index in [4.69, 9.17) is 27.0 Å². The van der Waals surface area contributed by atoms with Gasteiger partial charge >= 0.3 is 0 Å². The number of fused-ring (bicyclic) bond motifs is 1. The van der Waals surface area contributed by atoms with Crippen LogP contribution in [0.2, 0.25) is 5.02 Å². The quantitative estimate of drug-likeness (QED) is 0.548. The van der Waals surface area contributed by atoms with E-state index in [0.29, 0.717) is 37.3 Å². The highest BCUT2D eigenvalue weighted by atomic mass is 79.9. The third-order valence-corrected chi connectivity index (χ3v) is 6.50. The third kappa shape index (κ3) is 3.49. The molecule has 2 aromatic carbocycles. The van der Waals surface area contributed by atoms with Crippen LogP contribution in [-0.2, 0) is 9.05 Å². The lowest BCUT2D eigenvalue weighted by Crippen LogP contribution is -2.06. The summed E-state index contributed by atoms with van der Waals surface area (Å²) in [5.74, 6) is 0.400. The molecule has 0 amide bonds. The minimum atomic E-state index is -4.08. The smallest absolute Gasteiger partial charge is 0.261 e. The van der Waals surface area contributed by atoms with Crippen molar-refractivity contribution in [2.24, 2.45) is 0 Å². The van der Waals surface area contributed by atoms with Gasteiger partial charge in [0.05, 0.1) is 17.0 Å². The number of ether oxygens (including phenoxy) is 1. The summed E-state index contributed by atoms with van der Waals surface area (Å²) in [5.41, 5.74) is 1.54. The van der Waals surface area contributed by atoms with Gasteiger partial charge in [-0.05, 0) is 52.7 Å². The van der Waals surface area contributed by atoms with Gasteiger partial charge in [-0.2, -0.15) is 0 Å². The Morgan fingerprint density at radius 3 is 2.42 bits per heavy atom. The fourth-order valence-corrected chi connectivity index (χ4v) is 4.33. The lowest BCUT2D eigenvalue weighted by molar-refractivity contribution is 0.416. The number of methoxy groups -OCH3 is 1. The summed E-state index contributed by atoms with van der Waals surface area (Å²) in [4.78, 5) is 14.4. The molecule has 0 atom stereocenters. The molecule has 26 heavy (non-hydrogen) atoms. The third-order valence-electron chi connectivity index (χ3n) is 3.95. The zero-order valence-corrected chi connectivity index (χ0v) is 17.5. The second-order valence-electron chi connectivity index (χ2n) is 5.62. The van der Waals surface area contributed by atoms with Gasteiger partial charge in [-0.3, -0.25) is 4.79 Å². The normalized spacial score (nSPS) is 11.7. The standard InChI is InChI=1S/C17H12BrCl2NO4S/c1-8-3-17(22)21-14-5-11(16(6-9(8)14)26(20,23)24)10-4-13(19)12(18)7-15(10)25-2/h3-7H,1-2H3,(H,21,22). The summed E-state index contributed by atoms with van der Waals surface area (Å²) in [6.07, 6.45) is 0. The molecule has 3 aromatic rings. The average Bonchev–Trinajstić information content (AvgIpc) is 2.54. The van der Waals surface area contributed by atoms with Crippen molar-refractivity contribution in [3.63, 3.8) is 0 Å². The first-order valence-electron chi connectivity index (χ1n) is 7.27. The Labute approximate surface area is 167 Å². The number of aryl methyl sites for hydroxylation is 1. The van der Waals surface area contributed by atoms with E-state index >= 15 is 0 Å². The number of hydrogen-bond acceptors (Lipinski definition) is 4. The summed E-state index contributed by atoms with van der Waals surface area (Å²) in [7, 11) is 3.06.